The fourth-order valence-corrected chi connectivity index (χ4v) is 2.60. The normalized spacial score (nSPS) is 16.8. The first-order valence-corrected chi connectivity index (χ1v) is 6.26. The second-order valence-electron chi connectivity index (χ2n) is 5.86. The van der Waals surface area contributed by atoms with E-state index in [9.17, 15) is 0 Å². The van der Waals surface area contributed by atoms with E-state index in [0.717, 1.165) is 6.54 Å². The van der Waals surface area contributed by atoms with Gasteiger partial charge >= 0.3 is 0 Å². The lowest BCUT2D eigenvalue weighted by Crippen LogP contribution is -2.52. The maximum absolute atomic E-state index is 6.09. The van der Waals surface area contributed by atoms with Crippen LogP contribution in [-0.2, 0) is 0 Å². The third-order valence-corrected chi connectivity index (χ3v) is 2.97. The molecule has 0 aromatic heterocycles. The topological polar surface area (TPSA) is 29.3 Å². The van der Waals surface area contributed by atoms with Gasteiger partial charge in [0.05, 0.1) is 0 Å². The molecule has 0 radical (unpaired) electrons. The van der Waals surface area contributed by atoms with Crippen LogP contribution in [0, 0.1) is 5.41 Å². The molecule has 0 aliphatic rings. The molecule has 2 N–H and O–H groups in total. The molecule has 0 saturated carbocycles. The number of hydrogen-bond acceptors (Lipinski definition) is 2. The number of hydrogen-bond donors (Lipinski definition) is 1. The quantitative estimate of drug-likeness (QED) is 0.689. The summed E-state index contributed by atoms with van der Waals surface area (Å²) in [5.74, 6) is 0. The Morgan fingerprint density at radius 3 is 2.07 bits per heavy atom. The summed E-state index contributed by atoms with van der Waals surface area (Å²) in [6.45, 7) is 12.3. The molecule has 0 aromatic carbocycles. The average molecular weight is 214 g/mol. The predicted octanol–water partition coefficient (Wildman–Crippen LogP) is 2.87. The molecule has 2 heteroatoms. The van der Waals surface area contributed by atoms with Gasteiger partial charge < -0.3 is 10.6 Å². The van der Waals surface area contributed by atoms with Gasteiger partial charge in [-0.2, -0.15) is 0 Å². The van der Waals surface area contributed by atoms with Crippen LogP contribution in [0.1, 0.15) is 53.9 Å². The van der Waals surface area contributed by atoms with E-state index >= 15 is 0 Å². The summed E-state index contributed by atoms with van der Waals surface area (Å²) in [4.78, 5) is 2.43. The van der Waals surface area contributed by atoms with Gasteiger partial charge in [0, 0.05) is 12.1 Å². The van der Waals surface area contributed by atoms with Gasteiger partial charge in [-0.05, 0) is 32.4 Å². The standard InChI is InChI=1S/C13H30N2/c1-7-8-9-10-15(6)12(11(2)14)13(3,4)5/h11-12H,7-10,14H2,1-6H3. The molecule has 0 aliphatic carbocycles. The van der Waals surface area contributed by atoms with E-state index < -0.39 is 0 Å². The van der Waals surface area contributed by atoms with Gasteiger partial charge in [0.25, 0.3) is 0 Å². The summed E-state index contributed by atoms with van der Waals surface area (Å²) in [5, 5.41) is 0. The molecule has 0 fully saturated rings. The van der Waals surface area contributed by atoms with Crippen molar-refractivity contribution in [2.75, 3.05) is 13.6 Å². The molecule has 0 rings (SSSR count). The van der Waals surface area contributed by atoms with E-state index in [1.165, 1.54) is 19.3 Å². The van der Waals surface area contributed by atoms with E-state index in [1.807, 2.05) is 0 Å². The Bertz CT molecular complexity index is 158. The van der Waals surface area contributed by atoms with Crippen LogP contribution in [0.15, 0.2) is 0 Å². The highest BCUT2D eigenvalue weighted by Gasteiger charge is 2.30. The molecule has 2 nitrogen and oxygen atoms in total. The smallest absolute Gasteiger partial charge is 0.0289 e. The first kappa shape index (κ1) is 14.9. The van der Waals surface area contributed by atoms with Crippen LogP contribution in [-0.4, -0.2) is 30.6 Å². The molecular formula is C13H30N2. The zero-order valence-corrected chi connectivity index (χ0v) is 11.5. The van der Waals surface area contributed by atoms with Gasteiger partial charge in [-0.25, -0.2) is 0 Å². The van der Waals surface area contributed by atoms with Crippen LogP contribution in [0.3, 0.4) is 0 Å². The Morgan fingerprint density at radius 2 is 1.73 bits per heavy atom. The first-order valence-electron chi connectivity index (χ1n) is 6.26. The highest BCUT2D eigenvalue weighted by Crippen LogP contribution is 2.25. The molecule has 0 heterocycles. The summed E-state index contributed by atoms with van der Waals surface area (Å²) in [6.07, 6.45) is 3.89. The Morgan fingerprint density at radius 1 is 1.20 bits per heavy atom. The summed E-state index contributed by atoms with van der Waals surface area (Å²) in [6, 6.07) is 0.700. The largest absolute Gasteiger partial charge is 0.327 e. The summed E-state index contributed by atoms with van der Waals surface area (Å²) in [7, 11) is 2.20. The van der Waals surface area contributed by atoms with Crippen LogP contribution in [0.25, 0.3) is 0 Å². The van der Waals surface area contributed by atoms with Gasteiger partial charge in [0.2, 0.25) is 0 Å². The second kappa shape index (κ2) is 6.49. The average Bonchev–Trinajstić information content (AvgIpc) is 2.00. The maximum atomic E-state index is 6.09. The van der Waals surface area contributed by atoms with Crippen molar-refractivity contribution >= 4 is 0 Å². The zero-order valence-electron chi connectivity index (χ0n) is 11.5. The van der Waals surface area contributed by atoms with E-state index in [2.05, 4.69) is 46.6 Å². The number of rotatable bonds is 6. The van der Waals surface area contributed by atoms with E-state index in [4.69, 9.17) is 5.73 Å². The lowest BCUT2D eigenvalue weighted by Gasteiger charge is -2.40. The lowest BCUT2D eigenvalue weighted by atomic mass is 9.82. The minimum atomic E-state index is 0.233. The van der Waals surface area contributed by atoms with Crippen LogP contribution < -0.4 is 5.73 Å². The molecule has 0 spiro atoms. The summed E-state index contributed by atoms with van der Waals surface area (Å²) >= 11 is 0. The zero-order chi connectivity index (χ0) is 12.1. The molecule has 92 valence electrons. The summed E-state index contributed by atoms with van der Waals surface area (Å²) in [5.41, 5.74) is 6.35. The third kappa shape index (κ3) is 5.53. The molecular weight excluding hydrogens is 184 g/mol. The second-order valence-corrected chi connectivity index (χ2v) is 5.86. The SMILES string of the molecule is CCCCCN(C)C(C(C)N)C(C)(C)C. The molecule has 2 unspecified atom stereocenters. The lowest BCUT2D eigenvalue weighted by molar-refractivity contribution is 0.105. The van der Waals surface area contributed by atoms with Crippen LogP contribution >= 0.6 is 0 Å². The number of likely N-dealkylation sites (N-methyl/N-ethyl adjacent to an activating group) is 1. The van der Waals surface area contributed by atoms with E-state index in [0.29, 0.717) is 6.04 Å². The molecule has 0 bridgehead atoms. The van der Waals surface area contributed by atoms with Crippen molar-refractivity contribution in [3.8, 4) is 0 Å². The van der Waals surface area contributed by atoms with Crippen molar-refractivity contribution in [3.63, 3.8) is 0 Å². The van der Waals surface area contributed by atoms with Crippen molar-refractivity contribution in [1.29, 1.82) is 0 Å². The van der Waals surface area contributed by atoms with Crippen molar-refractivity contribution < 1.29 is 0 Å². The highest BCUT2D eigenvalue weighted by atomic mass is 15.2. The Hall–Kier alpha value is -0.0800. The first-order chi connectivity index (χ1) is 6.80. The Kier molecular flexibility index (Phi) is 6.46. The monoisotopic (exact) mass is 214 g/mol. The van der Waals surface area contributed by atoms with Crippen LogP contribution in [0.4, 0.5) is 0 Å². The van der Waals surface area contributed by atoms with Crippen LogP contribution in [0.5, 0.6) is 0 Å². The van der Waals surface area contributed by atoms with Gasteiger partial charge in [0.1, 0.15) is 0 Å². The van der Waals surface area contributed by atoms with Gasteiger partial charge in [-0.3, -0.25) is 0 Å². The molecule has 0 saturated heterocycles. The molecule has 15 heavy (non-hydrogen) atoms. The van der Waals surface area contributed by atoms with Crippen molar-refractivity contribution in [2.24, 2.45) is 11.1 Å². The van der Waals surface area contributed by atoms with Gasteiger partial charge in [-0.15, -0.1) is 0 Å². The van der Waals surface area contributed by atoms with Crippen LogP contribution in [0.2, 0.25) is 0 Å². The number of unbranched alkanes of at least 4 members (excludes halogenated alkanes) is 2. The molecule has 0 aliphatic heterocycles. The fourth-order valence-electron chi connectivity index (χ4n) is 2.60. The van der Waals surface area contributed by atoms with Crippen molar-refractivity contribution in [2.45, 2.75) is 66.0 Å². The minimum absolute atomic E-state index is 0.233. The van der Waals surface area contributed by atoms with Gasteiger partial charge in [0.15, 0.2) is 0 Å². The molecule has 2 atom stereocenters. The van der Waals surface area contributed by atoms with Gasteiger partial charge in [-0.1, -0.05) is 40.5 Å². The maximum Gasteiger partial charge on any atom is 0.0289 e. The molecule has 0 amide bonds. The Balaban J connectivity index is 4.24. The third-order valence-electron chi connectivity index (χ3n) is 2.97. The van der Waals surface area contributed by atoms with Crippen molar-refractivity contribution in [1.82, 2.24) is 4.90 Å². The Labute approximate surface area is 96.2 Å². The number of nitrogens with zero attached hydrogens (tertiary/aromatic N) is 1. The fraction of sp³-hybridized carbons (Fsp3) is 1.00. The van der Waals surface area contributed by atoms with E-state index in [1.54, 1.807) is 0 Å². The van der Waals surface area contributed by atoms with Crippen molar-refractivity contribution in [3.05, 3.63) is 0 Å². The van der Waals surface area contributed by atoms with E-state index in [-0.39, 0.29) is 11.5 Å². The number of nitrogens with two attached hydrogens (primary N) is 1. The molecule has 0 aromatic rings. The minimum Gasteiger partial charge on any atom is -0.327 e. The predicted molar refractivity (Wildman–Crippen MR) is 69.0 cm³/mol. The summed E-state index contributed by atoms with van der Waals surface area (Å²) < 4.78 is 0. The highest BCUT2D eigenvalue weighted by molar-refractivity contribution is 4.87.